The SMILES string of the molecule is CCCc1ccc(S(=O)(=O)O)c(-c2c3[nH]c(c2C)C=c2[nH]c(c(C)c2CC)=Cc2[nH]c(c(C)c2CC)C=c2[nH]c(c(-c4c(S(=O)(=O)O)ccc(CCC)c4C)c2C)=C3)c1C. The zero-order valence-corrected chi connectivity index (χ0v) is 37.8. The van der Waals surface area contributed by atoms with Gasteiger partial charge in [0.2, 0.25) is 0 Å². The Morgan fingerprint density at radius 2 is 0.883 bits per heavy atom. The second-order valence-corrected chi connectivity index (χ2v) is 19.0. The molecule has 2 aromatic carbocycles. The van der Waals surface area contributed by atoms with Crippen LogP contribution in [0.15, 0.2) is 34.1 Å². The van der Waals surface area contributed by atoms with E-state index in [-0.39, 0.29) is 9.79 Å². The molecule has 4 aromatic heterocycles. The van der Waals surface area contributed by atoms with Crippen molar-refractivity contribution in [2.45, 2.75) is 118 Å². The van der Waals surface area contributed by atoms with Gasteiger partial charge in [-0.2, -0.15) is 16.8 Å². The average Bonchev–Trinajstić information content (AvgIpc) is 3.85. The molecule has 10 nitrogen and oxygen atoms in total. The molecule has 0 spiro atoms. The molecule has 0 atom stereocenters. The summed E-state index contributed by atoms with van der Waals surface area (Å²) in [6.45, 7) is 20.3. The van der Waals surface area contributed by atoms with E-state index < -0.39 is 20.2 Å². The average molecular weight is 849 g/mol. The molecule has 1 aliphatic heterocycles. The summed E-state index contributed by atoms with van der Waals surface area (Å²) in [6, 6.07) is 6.51. The van der Waals surface area contributed by atoms with Crippen molar-refractivity contribution < 1.29 is 25.9 Å². The molecule has 5 heterocycles. The smallest absolute Gasteiger partial charge is 0.295 e. The Balaban J connectivity index is 1.75. The third-order valence-corrected chi connectivity index (χ3v) is 14.4. The number of benzene rings is 2. The van der Waals surface area contributed by atoms with Crippen molar-refractivity contribution in [3.63, 3.8) is 0 Å². The summed E-state index contributed by atoms with van der Waals surface area (Å²) in [5, 5.41) is 3.17. The van der Waals surface area contributed by atoms with Crippen LogP contribution in [0.2, 0.25) is 0 Å². The number of aryl methyl sites for hydroxylation is 2. The maximum absolute atomic E-state index is 13.3. The lowest BCUT2D eigenvalue weighted by atomic mass is 9.91. The van der Waals surface area contributed by atoms with E-state index in [1.54, 1.807) is 12.1 Å². The van der Waals surface area contributed by atoms with Crippen molar-refractivity contribution in [2.75, 3.05) is 0 Å². The van der Waals surface area contributed by atoms with E-state index in [1.165, 1.54) is 17.7 Å². The van der Waals surface area contributed by atoms with Crippen molar-refractivity contribution in [3.05, 3.63) is 124 Å². The fourth-order valence-corrected chi connectivity index (χ4v) is 10.9. The van der Waals surface area contributed by atoms with Gasteiger partial charge < -0.3 is 19.9 Å². The van der Waals surface area contributed by atoms with Crippen LogP contribution in [0.3, 0.4) is 0 Å². The van der Waals surface area contributed by atoms with Crippen LogP contribution < -0.4 is 21.4 Å². The summed E-state index contributed by atoms with van der Waals surface area (Å²) in [5.41, 5.74) is 14.6. The Morgan fingerprint density at radius 3 is 1.42 bits per heavy atom. The Bertz CT molecular complexity index is 3210. The predicted octanol–water partition coefficient (Wildman–Crippen LogP) is 7.34. The van der Waals surface area contributed by atoms with Crippen molar-refractivity contribution in [2.24, 2.45) is 0 Å². The third kappa shape index (κ3) is 7.37. The maximum Gasteiger partial charge on any atom is 0.295 e. The van der Waals surface area contributed by atoms with Crippen LogP contribution in [0.1, 0.15) is 119 Å². The summed E-state index contributed by atoms with van der Waals surface area (Å²) in [5.74, 6) is 0. The van der Waals surface area contributed by atoms with Crippen molar-refractivity contribution >= 4 is 44.5 Å². The van der Waals surface area contributed by atoms with Crippen molar-refractivity contribution in [1.82, 2.24) is 19.9 Å². The number of aromatic nitrogens is 4. The van der Waals surface area contributed by atoms with E-state index in [9.17, 15) is 25.9 Å². The molecular formula is C48H56N4O6S2. The van der Waals surface area contributed by atoms with Gasteiger partial charge in [0.25, 0.3) is 20.2 Å². The standard InChI is InChI=1S/C48H56N4O6S2/c1-11-15-31-17-19-43(59(53,54)55)47(25(31)5)45-29(9)37-21-35-27(7)33(13-3)39(49-35)22-36-28(8)34(14-4)40(50-36)23-38-30(10)46(42(52-38)24-41(45)51-37)48-26(6)32(16-12-2)18-20-44(48)60(56,57)58/h17-24,49-52H,11-16H2,1-10H3,(H,53,54,55)(H,56,57,58). The molecule has 12 heteroatoms. The molecule has 0 fully saturated rings. The van der Waals surface area contributed by atoms with Crippen LogP contribution >= 0.6 is 0 Å². The molecule has 316 valence electrons. The van der Waals surface area contributed by atoms with Gasteiger partial charge in [0.05, 0.1) is 0 Å². The summed E-state index contributed by atoms with van der Waals surface area (Å²) in [4.78, 5) is 14.3. The lowest BCUT2D eigenvalue weighted by molar-refractivity contribution is 0.481. The first kappa shape index (κ1) is 43.0. The van der Waals surface area contributed by atoms with Crippen LogP contribution in [0.5, 0.6) is 0 Å². The zero-order valence-electron chi connectivity index (χ0n) is 36.2. The molecule has 60 heavy (non-hydrogen) atoms. The van der Waals surface area contributed by atoms with Crippen molar-refractivity contribution in [3.8, 4) is 22.3 Å². The van der Waals surface area contributed by atoms with Gasteiger partial charge >= 0.3 is 0 Å². The first-order valence-corrected chi connectivity index (χ1v) is 23.7. The number of H-pyrrole nitrogens is 4. The summed E-state index contributed by atoms with van der Waals surface area (Å²) in [7, 11) is -9.38. The highest BCUT2D eigenvalue weighted by atomic mass is 32.2. The fourth-order valence-electron chi connectivity index (χ4n) is 9.40. The highest BCUT2D eigenvalue weighted by Crippen LogP contribution is 2.40. The van der Waals surface area contributed by atoms with Crippen LogP contribution in [-0.4, -0.2) is 45.9 Å². The minimum Gasteiger partial charge on any atom is -0.355 e. The second kappa shape index (κ2) is 16.0. The molecular weight excluding hydrogens is 793 g/mol. The monoisotopic (exact) mass is 848 g/mol. The van der Waals surface area contributed by atoms with E-state index in [0.29, 0.717) is 46.1 Å². The van der Waals surface area contributed by atoms with Gasteiger partial charge in [-0.15, -0.1) is 0 Å². The fraction of sp³-hybridized carbons (Fsp3) is 0.333. The van der Waals surface area contributed by atoms with E-state index >= 15 is 0 Å². The number of aromatic amines is 4. The Hall–Kier alpha value is -5.14. The van der Waals surface area contributed by atoms with Crippen LogP contribution in [0, 0.1) is 41.5 Å². The van der Waals surface area contributed by atoms with E-state index in [2.05, 4.69) is 73.6 Å². The number of nitrogens with one attached hydrogen (secondary N) is 4. The van der Waals surface area contributed by atoms with Crippen LogP contribution in [-0.2, 0) is 45.9 Å². The van der Waals surface area contributed by atoms with Gasteiger partial charge in [-0.1, -0.05) is 52.7 Å². The van der Waals surface area contributed by atoms with E-state index in [4.69, 9.17) is 0 Å². The van der Waals surface area contributed by atoms with Crippen molar-refractivity contribution in [1.29, 1.82) is 0 Å². The number of hydrogen-bond donors (Lipinski definition) is 6. The molecule has 0 amide bonds. The minimum atomic E-state index is -4.69. The largest absolute Gasteiger partial charge is 0.355 e. The van der Waals surface area contributed by atoms with Gasteiger partial charge in [-0.3, -0.25) is 9.11 Å². The normalized spacial score (nSPS) is 12.9. The minimum absolute atomic E-state index is 0.200. The molecule has 1 aliphatic rings. The van der Waals surface area contributed by atoms with Gasteiger partial charge in [-0.05, 0) is 159 Å². The zero-order chi connectivity index (χ0) is 43.6. The predicted molar refractivity (Wildman–Crippen MR) is 242 cm³/mol. The van der Waals surface area contributed by atoms with Gasteiger partial charge in [-0.25, -0.2) is 0 Å². The van der Waals surface area contributed by atoms with Gasteiger partial charge in [0.15, 0.2) is 0 Å². The highest BCUT2D eigenvalue weighted by molar-refractivity contribution is 7.86. The molecule has 0 saturated carbocycles. The number of rotatable bonds is 10. The second-order valence-electron chi connectivity index (χ2n) is 16.2. The highest BCUT2D eigenvalue weighted by Gasteiger charge is 2.28. The molecule has 8 bridgehead atoms. The lowest BCUT2D eigenvalue weighted by Gasteiger charge is -2.16. The topological polar surface area (TPSA) is 172 Å². The van der Waals surface area contributed by atoms with Crippen LogP contribution in [0.4, 0.5) is 0 Å². The quantitative estimate of drug-likeness (QED) is 0.0787. The first-order chi connectivity index (χ1) is 28.3. The Labute approximate surface area is 352 Å². The Kier molecular flexibility index (Phi) is 11.5. The van der Waals surface area contributed by atoms with Gasteiger partial charge in [0.1, 0.15) is 9.79 Å². The molecule has 0 aliphatic carbocycles. The number of hydrogen-bond acceptors (Lipinski definition) is 4. The Morgan fingerprint density at radius 1 is 0.433 bits per heavy atom. The molecule has 0 saturated heterocycles. The molecule has 6 aromatic rings. The summed E-state index contributed by atoms with van der Waals surface area (Å²) in [6.07, 6.45) is 12.8. The number of fused-ring (bicyclic) bond motifs is 8. The maximum atomic E-state index is 13.3. The molecule has 0 unspecified atom stereocenters. The summed E-state index contributed by atoms with van der Waals surface area (Å²) < 4.78 is 74.5. The van der Waals surface area contributed by atoms with E-state index in [1.807, 2.05) is 39.8 Å². The molecule has 0 radical (unpaired) electrons. The molecule has 6 N–H and O–H groups in total. The summed E-state index contributed by atoms with van der Waals surface area (Å²) >= 11 is 0. The third-order valence-electron chi connectivity index (χ3n) is 12.6. The lowest BCUT2D eigenvalue weighted by Crippen LogP contribution is -2.14. The van der Waals surface area contributed by atoms with Gasteiger partial charge in [0, 0.05) is 66.4 Å². The van der Waals surface area contributed by atoms with E-state index in [0.717, 1.165) is 109 Å². The molecule has 7 rings (SSSR count). The van der Waals surface area contributed by atoms with Crippen LogP contribution in [0.25, 0.3) is 46.6 Å². The first-order valence-electron chi connectivity index (χ1n) is 20.8.